The monoisotopic (exact) mass is 388 g/mol. The number of carbonyl (C=O) groups is 1. The first-order chi connectivity index (χ1) is 13.6. The van der Waals surface area contributed by atoms with E-state index in [2.05, 4.69) is 49.3 Å². The summed E-state index contributed by atoms with van der Waals surface area (Å²) in [5.74, 6) is 0.0954. The van der Waals surface area contributed by atoms with Crippen molar-refractivity contribution in [3.05, 3.63) is 54.1 Å². The number of amides is 1. The maximum Gasteiger partial charge on any atom is 0.232 e. The maximum absolute atomic E-state index is 13.5. The third kappa shape index (κ3) is 3.24. The molecule has 0 spiro atoms. The van der Waals surface area contributed by atoms with E-state index in [-0.39, 0.29) is 11.4 Å². The van der Waals surface area contributed by atoms with E-state index in [1.54, 1.807) is 0 Å². The highest BCUT2D eigenvalue weighted by Gasteiger charge is 2.34. The Morgan fingerprint density at radius 2 is 1.52 bits per heavy atom. The highest BCUT2D eigenvalue weighted by Crippen LogP contribution is 2.43. The molecule has 5 nitrogen and oxygen atoms in total. The zero-order valence-corrected chi connectivity index (χ0v) is 18.0. The molecule has 3 aromatic rings. The van der Waals surface area contributed by atoms with Crippen LogP contribution in [0.5, 0.6) is 0 Å². The number of para-hydroxylation sites is 1. The Morgan fingerprint density at radius 1 is 0.897 bits per heavy atom. The average Bonchev–Trinajstić information content (AvgIpc) is 3.09. The Labute approximate surface area is 172 Å². The molecule has 0 N–H and O–H groups in total. The predicted molar refractivity (Wildman–Crippen MR) is 117 cm³/mol. The molecule has 1 amide bonds. The fraction of sp³-hybridized carbons (Fsp3) is 0.375. The molecule has 1 aliphatic rings. The van der Waals surface area contributed by atoms with Crippen molar-refractivity contribution in [2.24, 2.45) is 5.41 Å². The molecule has 0 aliphatic carbocycles. The van der Waals surface area contributed by atoms with Gasteiger partial charge in [-0.2, -0.15) is 0 Å². The molecule has 0 atom stereocenters. The maximum atomic E-state index is 13.5. The minimum Gasteiger partial charge on any atom is -0.307 e. The summed E-state index contributed by atoms with van der Waals surface area (Å²) >= 11 is 0. The van der Waals surface area contributed by atoms with Gasteiger partial charge in [-0.3, -0.25) is 4.79 Å². The largest absolute Gasteiger partial charge is 0.307 e. The highest BCUT2D eigenvalue weighted by molar-refractivity contribution is 6.02. The predicted octanol–water partition coefficient (Wildman–Crippen LogP) is 5.26. The van der Waals surface area contributed by atoms with Crippen molar-refractivity contribution in [2.45, 2.75) is 53.6 Å². The summed E-state index contributed by atoms with van der Waals surface area (Å²) in [6, 6.07) is 16.3. The Morgan fingerprint density at radius 3 is 2.17 bits per heavy atom. The van der Waals surface area contributed by atoms with Gasteiger partial charge in [-0.25, -0.2) is 4.68 Å². The molecule has 1 aromatic heterocycles. The Kier molecular flexibility index (Phi) is 4.37. The third-order valence-corrected chi connectivity index (χ3v) is 5.24. The fourth-order valence-corrected chi connectivity index (χ4v) is 3.81. The van der Waals surface area contributed by atoms with Crippen LogP contribution < -0.4 is 4.90 Å². The zero-order chi connectivity index (χ0) is 21.0. The number of nitrogens with zero attached hydrogens (tertiary/aromatic N) is 4. The first kappa shape index (κ1) is 19.4. The lowest BCUT2D eigenvalue weighted by atomic mass is 9.90. The van der Waals surface area contributed by atoms with Gasteiger partial charge in [0.2, 0.25) is 5.91 Å². The molecule has 29 heavy (non-hydrogen) atoms. The highest BCUT2D eigenvalue weighted by atomic mass is 16.2. The summed E-state index contributed by atoms with van der Waals surface area (Å²) in [4.78, 5) is 15.4. The molecule has 0 saturated heterocycles. The number of benzene rings is 2. The van der Waals surface area contributed by atoms with Gasteiger partial charge in [0.15, 0.2) is 0 Å². The van der Waals surface area contributed by atoms with Crippen LogP contribution in [0.2, 0.25) is 0 Å². The van der Waals surface area contributed by atoms with E-state index in [9.17, 15) is 4.79 Å². The first-order valence-electron chi connectivity index (χ1n) is 10.0. The topological polar surface area (TPSA) is 51.0 Å². The molecule has 0 radical (unpaired) electrons. The van der Waals surface area contributed by atoms with Gasteiger partial charge in [-0.05, 0) is 32.4 Å². The molecule has 150 valence electrons. The Hall–Kier alpha value is -2.95. The van der Waals surface area contributed by atoms with Crippen molar-refractivity contribution in [2.75, 3.05) is 4.90 Å². The smallest absolute Gasteiger partial charge is 0.232 e. The SMILES string of the molecule is CC(C)(C)C(=O)N1Cc2ccccc2-c2nnn(C(C)(C)C)c2-c2ccccc21. The van der Waals surface area contributed by atoms with Crippen molar-refractivity contribution in [1.82, 2.24) is 15.0 Å². The second-order valence-electron chi connectivity index (χ2n) is 9.68. The van der Waals surface area contributed by atoms with Crippen LogP contribution in [0.3, 0.4) is 0 Å². The van der Waals surface area contributed by atoms with Crippen LogP contribution in [-0.2, 0) is 16.9 Å². The van der Waals surface area contributed by atoms with E-state index in [4.69, 9.17) is 0 Å². The van der Waals surface area contributed by atoms with E-state index in [1.807, 2.05) is 60.7 Å². The van der Waals surface area contributed by atoms with Gasteiger partial charge in [-0.1, -0.05) is 68.4 Å². The number of hydrogen-bond donors (Lipinski definition) is 0. The number of hydrogen-bond acceptors (Lipinski definition) is 3. The van der Waals surface area contributed by atoms with Crippen molar-refractivity contribution in [1.29, 1.82) is 0 Å². The minimum absolute atomic E-state index is 0.0954. The summed E-state index contributed by atoms with van der Waals surface area (Å²) in [5.41, 5.74) is 5.05. The van der Waals surface area contributed by atoms with E-state index in [1.165, 1.54) is 0 Å². The summed E-state index contributed by atoms with van der Waals surface area (Å²) in [6.07, 6.45) is 0. The summed E-state index contributed by atoms with van der Waals surface area (Å²) < 4.78 is 1.98. The molecular formula is C24H28N4O. The molecule has 4 rings (SSSR count). The van der Waals surface area contributed by atoms with Crippen LogP contribution in [0.1, 0.15) is 47.1 Å². The molecule has 2 aromatic carbocycles. The quantitative estimate of drug-likeness (QED) is 0.528. The standard InChI is InChI=1S/C24H28N4O/c1-23(2,3)22(29)27-15-16-11-7-8-12-17(16)20-21(18-13-9-10-14-19(18)27)28(26-25-20)24(4,5)6/h7-14H,15H2,1-6H3. The minimum atomic E-state index is -0.493. The fourth-order valence-electron chi connectivity index (χ4n) is 3.81. The molecule has 0 fully saturated rings. The molecule has 5 heteroatoms. The van der Waals surface area contributed by atoms with Gasteiger partial charge >= 0.3 is 0 Å². The van der Waals surface area contributed by atoms with E-state index < -0.39 is 5.41 Å². The third-order valence-electron chi connectivity index (χ3n) is 5.24. The lowest BCUT2D eigenvalue weighted by Gasteiger charge is -2.33. The number of fused-ring (bicyclic) bond motifs is 5. The second kappa shape index (κ2) is 6.55. The van der Waals surface area contributed by atoms with E-state index in [0.29, 0.717) is 6.54 Å². The van der Waals surface area contributed by atoms with Crippen molar-refractivity contribution >= 4 is 11.6 Å². The van der Waals surface area contributed by atoms with Gasteiger partial charge in [0.05, 0.1) is 23.5 Å². The lowest BCUT2D eigenvalue weighted by Crippen LogP contribution is -2.40. The first-order valence-corrected chi connectivity index (χ1v) is 10.0. The molecule has 0 unspecified atom stereocenters. The van der Waals surface area contributed by atoms with Gasteiger partial charge in [0, 0.05) is 16.5 Å². The number of anilines is 1. The normalized spacial score (nSPS) is 13.8. The number of carbonyl (C=O) groups excluding carboxylic acids is 1. The molecule has 0 saturated carbocycles. The molecular weight excluding hydrogens is 360 g/mol. The van der Waals surface area contributed by atoms with Crippen molar-refractivity contribution in [3.63, 3.8) is 0 Å². The van der Waals surface area contributed by atoms with Gasteiger partial charge in [0.1, 0.15) is 5.69 Å². The van der Waals surface area contributed by atoms with Gasteiger partial charge in [-0.15, -0.1) is 5.10 Å². The van der Waals surface area contributed by atoms with Crippen LogP contribution in [0.15, 0.2) is 48.5 Å². The van der Waals surface area contributed by atoms with Crippen LogP contribution in [0, 0.1) is 5.41 Å². The Balaban J connectivity index is 2.09. The van der Waals surface area contributed by atoms with Gasteiger partial charge < -0.3 is 4.90 Å². The van der Waals surface area contributed by atoms with E-state index in [0.717, 1.165) is 33.8 Å². The second-order valence-corrected chi connectivity index (χ2v) is 9.68. The molecule has 1 aliphatic heterocycles. The summed E-state index contributed by atoms with van der Waals surface area (Å²) in [5, 5.41) is 9.13. The summed E-state index contributed by atoms with van der Waals surface area (Å²) in [6.45, 7) is 12.8. The molecule has 2 heterocycles. The lowest BCUT2D eigenvalue weighted by molar-refractivity contribution is -0.125. The van der Waals surface area contributed by atoms with Gasteiger partial charge in [0.25, 0.3) is 0 Å². The zero-order valence-electron chi connectivity index (χ0n) is 18.0. The molecule has 0 bridgehead atoms. The van der Waals surface area contributed by atoms with Crippen LogP contribution in [-0.4, -0.2) is 20.9 Å². The Bertz CT molecular complexity index is 1080. The number of rotatable bonds is 0. The van der Waals surface area contributed by atoms with Crippen LogP contribution >= 0.6 is 0 Å². The number of aromatic nitrogens is 3. The van der Waals surface area contributed by atoms with Crippen LogP contribution in [0.4, 0.5) is 5.69 Å². The van der Waals surface area contributed by atoms with Crippen molar-refractivity contribution in [3.8, 4) is 22.5 Å². The average molecular weight is 389 g/mol. The van der Waals surface area contributed by atoms with Crippen LogP contribution in [0.25, 0.3) is 22.5 Å². The summed E-state index contributed by atoms with van der Waals surface area (Å²) in [7, 11) is 0. The van der Waals surface area contributed by atoms with E-state index >= 15 is 0 Å². The van der Waals surface area contributed by atoms with Crippen molar-refractivity contribution < 1.29 is 4.79 Å².